The number of amides is 1. The lowest BCUT2D eigenvalue weighted by molar-refractivity contribution is -0.116. The van der Waals surface area contributed by atoms with Crippen LogP contribution in [0.25, 0.3) is 0 Å². The van der Waals surface area contributed by atoms with Gasteiger partial charge in [-0.15, -0.1) is 0 Å². The summed E-state index contributed by atoms with van der Waals surface area (Å²) in [6.45, 7) is 0.730. The number of hydrogen-bond acceptors (Lipinski definition) is 3. The first-order valence-corrected chi connectivity index (χ1v) is 7.32. The van der Waals surface area contributed by atoms with Gasteiger partial charge < -0.3 is 11.1 Å². The van der Waals surface area contributed by atoms with Crippen LogP contribution in [0.5, 0.6) is 0 Å². The van der Waals surface area contributed by atoms with Crippen LogP contribution < -0.4 is 11.1 Å². The first-order chi connectivity index (χ1) is 10.2. The predicted molar refractivity (Wildman–Crippen MR) is 81.7 cm³/mol. The van der Waals surface area contributed by atoms with Crippen LogP contribution in [0.4, 0.5) is 5.69 Å². The Hall–Kier alpha value is -2.14. The van der Waals surface area contributed by atoms with Crippen LogP contribution in [0, 0.1) is 5.92 Å². The maximum Gasteiger partial charge on any atom is 0.225 e. The topological polar surface area (TPSA) is 72.9 Å². The van der Waals surface area contributed by atoms with E-state index in [9.17, 15) is 4.79 Å². The Morgan fingerprint density at radius 2 is 2.14 bits per heavy atom. The van der Waals surface area contributed by atoms with Crippen LogP contribution in [0.1, 0.15) is 24.8 Å². The number of anilines is 1. The van der Waals surface area contributed by atoms with Crippen molar-refractivity contribution in [1.82, 2.24) is 9.78 Å². The second kappa shape index (κ2) is 6.10. The second-order valence-corrected chi connectivity index (χ2v) is 5.65. The van der Waals surface area contributed by atoms with Crippen LogP contribution in [-0.4, -0.2) is 21.7 Å². The zero-order valence-electron chi connectivity index (χ0n) is 11.9. The Bertz CT molecular complexity index is 587. The number of nitrogens with one attached hydrogen (secondary N) is 1. The maximum absolute atomic E-state index is 11.9. The Kier molecular flexibility index (Phi) is 4.01. The number of rotatable bonds is 6. The molecule has 0 saturated heterocycles. The van der Waals surface area contributed by atoms with E-state index >= 15 is 0 Å². The van der Waals surface area contributed by atoms with Gasteiger partial charge in [-0.1, -0.05) is 12.1 Å². The molecule has 1 aliphatic carbocycles. The van der Waals surface area contributed by atoms with E-state index in [1.54, 1.807) is 6.20 Å². The third-order valence-corrected chi connectivity index (χ3v) is 3.79. The molecule has 1 aromatic carbocycles. The summed E-state index contributed by atoms with van der Waals surface area (Å²) in [6, 6.07) is 9.73. The van der Waals surface area contributed by atoms with E-state index in [4.69, 9.17) is 5.73 Å². The van der Waals surface area contributed by atoms with Gasteiger partial charge in [0.15, 0.2) is 0 Å². The molecular formula is C16H20N4O. The Balaban J connectivity index is 1.52. The van der Waals surface area contributed by atoms with Gasteiger partial charge >= 0.3 is 0 Å². The number of hydrogen-bond donors (Lipinski definition) is 2. The van der Waals surface area contributed by atoms with Crippen LogP contribution >= 0.6 is 0 Å². The lowest BCUT2D eigenvalue weighted by Gasteiger charge is -2.11. The first-order valence-electron chi connectivity index (χ1n) is 7.32. The van der Waals surface area contributed by atoms with Gasteiger partial charge in [0.1, 0.15) is 0 Å². The van der Waals surface area contributed by atoms with Crippen molar-refractivity contribution in [2.24, 2.45) is 11.7 Å². The summed E-state index contributed by atoms with van der Waals surface area (Å²) in [5.41, 5.74) is 7.92. The molecule has 0 spiro atoms. The molecule has 1 aliphatic rings. The third kappa shape index (κ3) is 3.92. The van der Waals surface area contributed by atoms with Gasteiger partial charge in [0, 0.05) is 30.5 Å². The smallest absolute Gasteiger partial charge is 0.225 e. The normalized spacial score (nSPS) is 15.7. The van der Waals surface area contributed by atoms with Gasteiger partial charge in [-0.05, 0) is 42.5 Å². The van der Waals surface area contributed by atoms with Crippen molar-refractivity contribution in [1.29, 1.82) is 0 Å². The SMILES string of the molecule is NC(CC(=O)Nc1ccc(Cn2cccn2)cc1)C1CC1. The zero-order chi connectivity index (χ0) is 14.7. The lowest BCUT2D eigenvalue weighted by atomic mass is 10.1. The average Bonchev–Trinajstić information content (AvgIpc) is 3.20. The summed E-state index contributed by atoms with van der Waals surface area (Å²) in [7, 11) is 0. The van der Waals surface area contributed by atoms with Crippen molar-refractivity contribution < 1.29 is 4.79 Å². The second-order valence-electron chi connectivity index (χ2n) is 5.65. The molecule has 0 bridgehead atoms. The molecule has 5 nitrogen and oxygen atoms in total. The van der Waals surface area contributed by atoms with Crippen LogP contribution in [-0.2, 0) is 11.3 Å². The molecule has 1 unspecified atom stereocenters. The highest BCUT2D eigenvalue weighted by atomic mass is 16.1. The minimum absolute atomic E-state index is 0.00379. The molecule has 3 N–H and O–H groups in total. The Morgan fingerprint density at radius 3 is 2.76 bits per heavy atom. The number of nitrogens with zero attached hydrogens (tertiary/aromatic N) is 2. The van der Waals surface area contributed by atoms with E-state index in [1.165, 1.54) is 0 Å². The minimum atomic E-state index is -0.00535. The maximum atomic E-state index is 11.9. The van der Waals surface area contributed by atoms with E-state index in [2.05, 4.69) is 10.4 Å². The monoisotopic (exact) mass is 284 g/mol. The summed E-state index contributed by atoms with van der Waals surface area (Å²) in [5.74, 6) is 0.543. The highest BCUT2D eigenvalue weighted by Crippen LogP contribution is 2.32. The molecule has 3 rings (SSSR count). The standard InChI is InChI=1S/C16H20N4O/c17-15(13-4-5-13)10-16(21)19-14-6-2-12(3-7-14)11-20-9-1-8-18-20/h1-3,6-9,13,15H,4-5,10-11,17H2,(H,19,21). The molecular weight excluding hydrogens is 264 g/mol. The molecule has 1 atom stereocenters. The fourth-order valence-corrected chi connectivity index (χ4v) is 2.39. The molecule has 5 heteroatoms. The van der Waals surface area contributed by atoms with Gasteiger partial charge in [-0.2, -0.15) is 5.10 Å². The van der Waals surface area contributed by atoms with E-state index in [-0.39, 0.29) is 11.9 Å². The van der Waals surface area contributed by atoms with E-state index in [0.29, 0.717) is 12.3 Å². The molecule has 1 aromatic heterocycles. The summed E-state index contributed by atoms with van der Waals surface area (Å²) < 4.78 is 1.86. The summed E-state index contributed by atoms with van der Waals surface area (Å²) in [6.07, 6.45) is 6.42. The lowest BCUT2D eigenvalue weighted by Crippen LogP contribution is -2.28. The molecule has 0 aliphatic heterocycles. The number of aromatic nitrogens is 2. The van der Waals surface area contributed by atoms with Crippen molar-refractivity contribution in [3.8, 4) is 0 Å². The van der Waals surface area contributed by atoms with E-state index in [0.717, 1.165) is 30.6 Å². The van der Waals surface area contributed by atoms with Crippen LogP contribution in [0.2, 0.25) is 0 Å². The van der Waals surface area contributed by atoms with Gasteiger partial charge in [-0.3, -0.25) is 9.48 Å². The van der Waals surface area contributed by atoms with Crippen molar-refractivity contribution >= 4 is 11.6 Å². The molecule has 0 radical (unpaired) electrons. The molecule has 1 heterocycles. The largest absolute Gasteiger partial charge is 0.327 e. The van der Waals surface area contributed by atoms with Crippen molar-refractivity contribution in [3.05, 3.63) is 48.3 Å². The van der Waals surface area contributed by atoms with Crippen molar-refractivity contribution in [2.45, 2.75) is 31.8 Å². The predicted octanol–water partition coefficient (Wildman–Crippen LogP) is 2.00. The Morgan fingerprint density at radius 1 is 1.38 bits per heavy atom. The van der Waals surface area contributed by atoms with Gasteiger partial charge in [-0.25, -0.2) is 0 Å². The summed E-state index contributed by atoms with van der Waals surface area (Å²) in [5, 5.41) is 7.07. The molecule has 21 heavy (non-hydrogen) atoms. The highest BCUT2D eigenvalue weighted by molar-refractivity contribution is 5.91. The van der Waals surface area contributed by atoms with Gasteiger partial charge in [0.2, 0.25) is 5.91 Å². The van der Waals surface area contributed by atoms with Gasteiger partial charge in [0.05, 0.1) is 6.54 Å². The Labute approximate surface area is 124 Å². The average molecular weight is 284 g/mol. The quantitative estimate of drug-likeness (QED) is 0.852. The molecule has 1 fully saturated rings. The van der Waals surface area contributed by atoms with Crippen molar-refractivity contribution in [2.75, 3.05) is 5.32 Å². The molecule has 110 valence electrons. The van der Waals surface area contributed by atoms with Crippen LogP contribution in [0.3, 0.4) is 0 Å². The summed E-state index contributed by atoms with van der Waals surface area (Å²) >= 11 is 0. The third-order valence-electron chi connectivity index (χ3n) is 3.79. The highest BCUT2D eigenvalue weighted by Gasteiger charge is 2.29. The first kappa shape index (κ1) is 13.8. The molecule has 1 saturated carbocycles. The molecule has 1 amide bonds. The van der Waals surface area contributed by atoms with Crippen molar-refractivity contribution in [3.63, 3.8) is 0 Å². The van der Waals surface area contributed by atoms with Gasteiger partial charge in [0.25, 0.3) is 0 Å². The van der Waals surface area contributed by atoms with E-state index < -0.39 is 0 Å². The fourth-order valence-electron chi connectivity index (χ4n) is 2.39. The number of benzene rings is 1. The number of carbonyl (C=O) groups excluding carboxylic acids is 1. The van der Waals surface area contributed by atoms with Crippen LogP contribution in [0.15, 0.2) is 42.7 Å². The molecule has 2 aromatic rings. The number of nitrogens with two attached hydrogens (primary N) is 1. The van der Waals surface area contributed by atoms with E-state index in [1.807, 2.05) is 41.2 Å². The fraction of sp³-hybridized carbons (Fsp3) is 0.375. The minimum Gasteiger partial charge on any atom is -0.327 e. The summed E-state index contributed by atoms with van der Waals surface area (Å²) in [4.78, 5) is 11.9. The number of carbonyl (C=O) groups is 1. The zero-order valence-corrected chi connectivity index (χ0v) is 11.9.